The Hall–Kier alpha value is -1.72. The molecule has 0 radical (unpaired) electrons. The van der Waals surface area contributed by atoms with Gasteiger partial charge in [0.2, 0.25) is 0 Å². The van der Waals surface area contributed by atoms with Gasteiger partial charge >= 0.3 is 0 Å². The second kappa shape index (κ2) is 6.42. The highest BCUT2D eigenvalue weighted by Gasteiger charge is 2.51. The van der Waals surface area contributed by atoms with E-state index in [2.05, 4.69) is 28.5 Å². The van der Waals surface area contributed by atoms with Gasteiger partial charge in [-0.1, -0.05) is 35.3 Å². The maximum atomic E-state index is 6.60. The van der Waals surface area contributed by atoms with E-state index in [1.807, 2.05) is 42.5 Å². The zero-order chi connectivity index (χ0) is 18.6. The number of halogens is 2. The van der Waals surface area contributed by atoms with E-state index in [4.69, 9.17) is 27.9 Å². The van der Waals surface area contributed by atoms with Crippen LogP contribution in [0.4, 0.5) is 0 Å². The highest BCUT2D eigenvalue weighted by Crippen LogP contribution is 2.49. The molecule has 1 atom stereocenters. The van der Waals surface area contributed by atoms with Crippen LogP contribution in [-0.4, -0.2) is 35.8 Å². The van der Waals surface area contributed by atoms with Crippen LogP contribution in [0.25, 0.3) is 5.70 Å². The van der Waals surface area contributed by atoms with Gasteiger partial charge in [0.25, 0.3) is 0 Å². The van der Waals surface area contributed by atoms with Crippen molar-refractivity contribution in [3.05, 3.63) is 69.7 Å². The number of nitrogens with zero attached hydrogens (tertiary/aromatic N) is 2. The molecular formula is C21H21Cl2N3O. The predicted octanol–water partition coefficient (Wildman–Crippen LogP) is 4.71. The molecule has 0 bridgehead atoms. The van der Waals surface area contributed by atoms with Crippen LogP contribution in [0.15, 0.2) is 48.5 Å². The van der Waals surface area contributed by atoms with Crippen molar-refractivity contribution in [2.75, 3.05) is 20.1 Å². The van der Waals surface area contributed by atoms with Crippen molar-refractivity contribution in [2.45, 2.75) is 24.6 Å². The van der Waals surface area contributed by atoms with Gasteiger partial charge in [-0.2, -0.15) is 5.01 Å². The zero-order valence-electron chi connectivity index (χ0n) is 15.1. The number of rotatable bonds is 1. The molecule has 0 amide bonds. The van der Waals surface area contributed by atoms with E-state index in [9.17, 15) is 0 Å². The molecule has 0 aromatic heterocycles. The minimum Gasteiger partial charge on any atom is -0.470 e. The molecule has 3 aliphatic rings. The molecule has 0 aliphatic carbocycles. The predicted molar refractivity (Wildman–Crippen MR) is 109 cm³/mol. The van der Waals surface area contributed by atoms with Crippen molar-refractivity contribution in [3.8, 4) is 5.75 Å². The van der Waals surface area contributed by atoms with Crippen LogP contribution in [0.1, 0.15) is 30.0 Å². The van der Waals surface area contributed by atoms with Crippen molar-refractivity contribution in [1.29, 1.82) is 0 Å². The van der Waals surface area contributed by atoms with E-state index in [1.54, 1.807) is 0 Å². The van der Waals surface area contributed by atoms with Gasteiger partial charge in [-0.25, -0.2) is 0 Å². The van der Waals surface area contributed by atoms with Crippen LogP contribution in [0, 0.1) is 0 Å². The van der Waals surface area contributed by atoms with Crippen LogP contribution in [0.2, 0.25) is 10.0 Å². The second-order valence-electron chi connectivity index (χ2n) is 7.55. The summed E-state index contributed by atoms with van der Waals surface area (Å²) in [6.07, 6.45) is 4.15. The third kappa shape index (κ3) is 2.92. The molecule has 0 saturated carbocycles. The zero-order valence-corrected chi connectivity index (χ0v) is 16.6. The van der Waals surface area contributed by atoms with Gasteiger partial charge in [0.15, 0.2) is 5.72 Å². The molecule has 0 unspecified atom stereocenters. The number of hydrogen-bond donors (Lipinski definition) is 1. The topological polar surface area (TPSA) is 27.7 Å². The summed E-state index contributed by atoms with van der Waals surface area (Å²) >= 11 is 12.4. The number of ether oxygens (including phenoxy) is 1. The first-order chi connectivity index (χ1) is 13.0. The molecule has 3 aliphatic heterocycles. The Morgan fingerprint density at radius 3 is 2.48 bits per heavy atom. The van der Waals surface area contributed by atoms with Gasteiger partial charge in [-0.05, 0) is 49.0 Å². The van der Waals surface area contributed by atoms with E-state index in [-0.39, 0.29) is 11.8 Å². The fraction of sp³-hybridized carbons (Fsp3) is 0.333. The summed E-state index contributed by atoms with van der Waals surface area (Å²) in [5.74, 6) is 0.931. The molecule has 1 spiro atoms. The molecule has 27 heavy (non-hydrogen) atoms. The van der Waals surface area contributed by atoms with Crippen molar-refractivity contribution in [1.82, 2.24) is 15.3 Å². The lowest BCUT2D eigenvalue weighted by molar-refractivity contribution is -0.157. The Morgan fingerprint density at radius 2 is 1.74 bits per heavy atom. The van der Waals surface area contributed by atoms with Gasteiger partial charge in [0, 0.05) is 41.5 Å². The van der Waals surface area contributed by atoms with Crippen molar-refractivity contribution < 1.29 is 4.74 Å². The highest BCUT2D eigenvalue weighted by atomic mass is 35.5. The SMILES string of the molecule is CN1CCC2(CC1)Oc1ccc(Cl)cc1[C@@H]1C=C(c3ccc(Cl)cc3)NN12. The maximum absolute atomic E-state index is 6.60. The summed E-state index contributed by atoms with van der Waals surface area (Å²) in [7, 11) is 2.16. The summed E-state index contributed by atoms with van der Waals surface area (Å²) < 4.78 is 6.60. The van der Waals surface area contributed by atoms with Crippen LogP contribution < -0.4 is 10.2 Å². The molecule has 1 saturated heterocycles. The number of nitrogens with one attached hydrogen (secondary N) is 1. The summed E-state index contributed by atoms with van der Waals surface area (Å²) in [6.45, 7) is 2.01. The number of fused-ring (bicyclic) bond motifs is 4. The lowest BCUT2D eigenvalue weighted by Crippen LogP contribution is -2.63. The van der Waals surface area contributed by atoms with Gasteiger partial charge in [-0.15, -0.1) is 0 Å². The van der Waals surface area contributed by atoms with Gasteiger partial charge in [0.05, 0.1) is 11.7 Å². The monoisotopic (exact) mass is 401 g/mol. The molecule has 1 fully saturated rings. The number of likely N-dealkylation sites (tertiary alicyclic amines) is 1. The van der Waals surface area contributed by atoms with E-state index in [1.165, 1.54) is 0 Å². The third-order valence-corrected chi connectivity index (χ3v) is 6.28. The molecule has 5 rings (SSSR count). The first-order valence-corrected chi connectivity index (χ1v) is 10.0. The molecule has 140 valence electrons. The smallest absolute Gasteiger partial charge is 0.182 e. The Kier molecular flexibility index (Phi) is 4.13. The number of piperidine rings is 1. The lowest BCUT2D eigenvalue weighted by Gasteiger charge is -2.51. The first-order valence-electron chi connectivity index (χ1n) is 9.25. The summed E-state index contributed by atoms with van der Waals surface area (Å²) in [6, 6.07) is 13.9. The van der Waals surface area contributed by atoms with Gasteiger partial charge in [-0.3, -0.25) is 0 Å². The van der Waals surface area contributed by atoms with E-state index >= 15 is 0 Å². The number of hydrogen-bond acceptors (Lipinski definition) is 4. The van der Waals surface area contributed by atoms with E-state index < -0.39 is 0 Å². The normalized spacial score (nSPS) is 24.0. The highest BCUT2D eigenvalue weighted by molar-refractivity contribution is 6.31. The largest absolute Gasteiger partial charge is 0.470 e. The van der Waals surface area contributed by atoms with E-state index in [0.29, 0.717) is 0 Å². The molecule has 1 N–H and O–H groups in total. The number of hydrazine groups is 1. The lowest BCUT2D eigenvalue weighted by atomic mass is 9.93. The van der Waals surface area contributed by atoms with Gasteiger partial charge < -0.3 is 15.1 Å². The second-order valence-corrected chi connectivity index (χ2v) is 8.42. The molecule has 6 heteroatoms. The Bertz CT molecular complexity index is 904. The quantitative estimate of drug-likeness (QED) is 0.748. The van der Waals surface area contributed by atoms with Crippen LogP contribution in [0.3, 0.4) is 0 Å². The first kappa shape index (κ1) is 17.4. The molecule has 2 aromatic carbocycles. The van der Waals surface area contributed by atoms with Gasteiger partial charge in [0.1, 0.15) is 5.75 Å². The molecule has 2 aromatic rings. The third-order valence-electron chi connectivity index (χ3n) is 5.80. The number of benzene rings is 2. The Balaban J connectivity index is 1.58. The Morgan fingerprint density at radius 1 is 1.04 bits per heavy atom. The molecule has 4 nitrogen and oxygen atoms in total. The van der Waals surface area contributed by atoms with Crippen molar-refractivity contribution in [2.24, 2.45) is 0 Å². The fourth-order valence-corrected chi connectivity index (χ4v) is 4.56. The fourth-order valence-electron chi connectivity index (χ4n) is 4.25. The Labute approximate surface area is 169 Å². The van der Waals surface area contributed by atoms with Crippen LogP contribution in [0.5, 0.6) is 5.75 Å². The minimum atomic E-state index is -0.358. The standard InChI is InChI=1S/C21H21Cl2N3O/c1-25-10-8-21(9-11-25)26-19(17-12-16(23)6-7-20(17)27-21)13-18(24-26)14-2-4-15(22)5-3-14/h2-7,12-13,19,24H,8-11H2,1H3/t19-/m0/s1. The molecular weight excluding hydrogens is 381 g/mol. The summed E-state index contributed by atoms with van der Waals surface area (Å²) in [4.78, 5) is 2.35. The van der Waals surface area contributed by atoms with Crippen LogP contribution >= 0.6 is 23.2 Å². The van der Waals surface area contributed by atoms with Crippen molar-refractivity contribution >= 4 is 28.9 Å². The minimum absolute atomic E-state index is 0.0848. The average Bonchev–Trinajstić information content (AvgIpc) is 3.12. The summed E-state index contributed by atoms with van der Waals surface area (Å²) in [5, 5.41) is 3.75. The maximum Gasteiger partial charge on any atom is 0.182 e. The van der Waals surface area contributed by atoms with Crippen molar-refractivity contribution in [3.63, 3.8) is 0 Å². The molecule has 3 heterocycles. The average molecular weight is 402 g/mol. The summed E-state index contributed by atoms with van der Waals surface area (Å²) in [5.41, 5.74) is 6.56. The van der Waals surface area contributed by atoms with Crippen LogP contribution in [-0.2, 0) is 0 Å². The van der Waals surface area contributed by atoms with E-state index in [0.717, 1.165) is 58.5 Å².